The molecule has 0 aliphatic heterocycles. The molecule has 0 amide bonds. The van der Waals surface area contributed by atoms with Crippen LogP contribution in [-0.2, 0) is 31.0 Å². The standard InChI is InChI=1S/C3H6O3.Ca.Zr.2H/c1-2(4)3(5)6;;;;/h2,4H,1H3,(H,5,6);;;;/q;+2;;2*-1. The summed E-state index contributed by atoms with van der Waals surface area (Å²) in [5, 5.41) is 15.8. The van der Waals surface area contributed by atoms with E-state index < -0.39 is 12.1 Å². The number of aliphatic hydroxyl groups excluding tert-OH is 1. The molecule has 5 heteroatoms. The van der Waals surface area contributed by atoms with Crippen LogP contribution in [0.2, 0.25) is 0 Å². The summed E-state index contributed by atoms with van der Waals surface area (Å²) >= 11 is 0. The molecule has 44 valence electrons. The van der Waals surface area contributed by atoms with Crippen molar-refractivity contribution in [2.75, 3.05) is 0 Å². The zero-order valence-electron chi connectivity index (χ0n) is 6.59. The van der Waals surface area contributed by atoms with Crippen LogP contribution in [0.4, 0.5) is 0 Å². The van der Waals surface area contributed by atoms with Gasteiger partial charge in [0.1, 0.15) is 6.10 Å². The van der Waals surface area contributed by atoms with Crippen LogP contribution >= 0.6 is 0 Å². The fraction of sp³-hybridized carbons (Fsp3) is 0.667. The fourth-order valence-electron chi connectivity index (χ4n) is 0. The van der Waals surface area contributed by atoms with Gasteiger partial charge in [-0.3, -0.25) is 0 Å². The zero-order valence-corrected chi connectivity index (χ0v) is 9.25. The molecular weight excluding hydrogens is 215 g/mol. The first-order chi connectivity index (χ1) is 2.64. The number of carboxylic acids is 1. The maximum Gasteiger partial charge on any atom is 2.00 e. The molecule has 0 rings (SSSR count). The number of carboxylic acid groups (broad SMARTS) is 1. The Labute approximate surface area is 99.6 Å². The van der Waals surface area contributed by atoms with E-state index in [1.54, 1.807) is 0 Å². The Balaban J connectivity index is -0.0000000208. The molecule has 3 nitrogen and oxygen atoms in total. The van der Waals surface area contributed by atoms with E-state index >= 15 is 0 Å². The molecule has 0 aromatic rings. The number of aliphatic hydroxyl groups is 1. The Bertz CT molecular complexity index is 72.8. The van der Waals surface area contributed by atoms with E-state index in [9.17, 15) is 4.79 Å². The van der Waals surface area contributed by atoms with Gasteiger partial charge < -0.3 is 13.1 Å². The second-order valence-electron chi connectivity index (χ2n) is 1.01. The molecule has 0 radical (unpaired) electrons. The topological polar surface area (TPSA) is 57.5 Å². The second kappa shape index (κ2) is 8.57. The van der Waals surface area contributed by atoms with Crippen LogP contribution in [0.5, 0.6) is 0 Å². The number of carbonyl (C=O) groups is 1. The van der Waals surface area contributed by atoms with Crippen LogP contribution in [0.25, 0.3) is 0 Å². The number of hydrogen-bond acceptors (Lipinski definition) is 2. The van der Waals surface area contributed by atoms with Gasteiger partial charge in [0.05, 0.1) is 0 Å². The van der Waals surface area contributed by atoms with Crippen molar-refractivity contribution >= 4 is 43.7 Å². The summed E-state index contributed by atoms with van der Waals surface area (Å²) in [6.45, 7) is 1.20. The van der Waals surface area contributed by atoms with E-state index in [-0.39, 0.29) is 66.8 Å². The van der Waals surface area contributed by atoms with Crippen molar-refractivity contribution in [3.63, 3.8) is 0 Å². The van der Waals surface area contributed by atoms with Gasteiger partial charge in [0, 0.05) is 26.2 Å². The fourth-order valence-corrected chi connectivity index (χ4v) is 0. The normalized spacial score (nSPS) is 10.2. The molecule has 8 heavy (non-hydrogen) atoms. The van der Waals surface area contributed by atoms with Crippen LogP contribution in [0.15, 0.2) is 0 Å². The summed E-state index contributed by atoms with van der Waals surface area (Å²) in [5.41, 5.74) is 0. The number of rotatable bonds is 1. The average Bonchev–Trinajstić information content (AvgIpc) is 1.36. The zero-order chi connectivity index (χ0) is 5.15. The van der Waals surface area contributed by atoms with Gasteiger partial charge in [0.15, 0.2) is 0 Å². The van der Waals surface area contributed by atoms with Crippen molar-refractivity contribution in [1.82, 2.24) is 0 Å². The van der Waals surface area contributed by atoms with Gasteiger partial charge in [0.25, 0.3) is 0 Å². The Morgan fingerprint density at radius 3 is 1.88 bits per heavy atom. The third-order valence-corrected chi connectivity index (χ3v) is 0.357. The largest absolute Gasteiger partial charge is 2.00 e. The Morgan fingerprint density at radius 1 is 1.75 bits per heavy atom. The molecule has 0 saturated heterocycles. The summed E-state index contributed by atoms with van der Waals surface area (Å²) in [4.78, 5) is 9.45. The van der Waals surface area contributed by atoms with Gasteiger partial charge in [0.2, 0.25) is 0 Å². The van der Waals surface area contributed by atoms with Gasteiger partial charge >= 0.3 is 43.7 Å². The van der Waals surface area contributed by atoms with E-state index in [4.69, 9.17) is 10.2 Å². The molecule has 1 unspecified atom stereocenters. The van der Waals surface area contributed by atoms with Gasteiger partial charge in [-0.2, -0.15) is 0 Å². The van der Waals surface area contributed by atoms with Gasteiger partial charge in [-0.15, -0.1) is 0 Å². The van der Waals surface area contributed by atoms with Crippen LogP contribution in [0, 0.1) is 0 Å². The van der Waals surface area contributed by atoms with Crippen molar-refractivity contribution in [2.45, 2.75) is 13.0 Å². The summed E-state index contributed by atoms with van der Waals surface area (Å²) in [7, 11) is 0. The van der Waals surface area contributed by atoms with E-state index in [0.29, 0.717) is 0 Å². The molecule has 0 fully saturated rings. The van der Waals surface area contributed by atoms with E-state index in [0.717, 1.165) is 0 Å². The van der Waals surface area contributed by atoms with Crippen LogP contribution in [-0.4, -0.2) is 60.0 Å². The van der Waals surface area contributed by atoms with Crippen LogP contribution in [0.3, 0.4) is 0 Å². The van der Waals surface area contributed by atoms with Crippen molar-refractivity contribution in [2.24, 2.45) is 0 Å². The minimum absolute atomic E-state index is 0. The predicted molar refractivity (Wildman–Crippen MR) is 27.3 cm³/mol. The van der Waals surface area contributed by atoms with Crippen LogP contribution in [0.1, 0.15) is 9.78 Å². The maximum atomic E-state index is 9.45. The quantitative estimate of drug-likeness (QED) is 0.578. The molecule has 0 spiro atoms. The van der Waals surface area contributed by atoms with Gasteiger partial charge in [-0.05, 0) is 6.92 Å². The summed E-state index contributed by atoms with van der Waals surface area (Å²) in [6.07, 6.45) is -1.23. The SMILES string of the molecule is CC(O)C(=O)O.[Ca+2].[H-].[H-].[Zr]. The molecule has 0 aromatic heterocycles. The monoisotopic (exact) mass is 222 g/mol. The molecule has 0 saturated carbocycles. The summed E-state index contributed by atoms with van der Waals surface area (Å²) in [5.74, 6) is -1.19. The van der Waals surface area contributed by atoms with Crippen molar-refractivity contribution in [1.29, 1.82) is 0 Å². The summed E-state index contributed by atoms with van der Waals surface area (Å²) in [6, 6.07) is 0. The van der Waals surface area contributed by atoms with Crippen molar-refractivity contribution in [3.05, 3.63) is 0 Å². The van der Waals surface area contributed by atoms with E-state index in [1.165, 1.54) is 6.92 Å². The Kier molecular flexibility index (Phi) is 17.5. The number of aliphatic carboxylic acids is 1. The predicted octanol–water partition coefficient (Wildman–Crippen LogP) is -0.706. The molecule has 0 bridgehead atoms. The Morgan fingerprint density at radius 2 is 1.88 bits per heavy atom. The first kappa shape index (κ1) is 16.3. The third-order valence-electron chi connectivity index (χ3n) is 0.357. The average molecular weight is 223 g/mol. The molecular formula is C3H8CaO3Zr. The molecule has 0 aliphatic carbocycles. The van der Waals surface area contributed by atoms with E-state index in [1.807, 2.05) is 0 Å². The molecule has 0 aliphatic rings. The molecule has 0 heterocycles. The molecule has 0 aromatic carbocycles. The van der Waals surface area contributed by atoms with Crippen molar-refractivity contribution in [3.8, 4) is 0 Å². The third kappa shape index (κ3) is 10.5. The minimum atomic E-state index is -1.23. The van der Waals surface area contributed by atoms with Gasteiger partial charge in [-0.1, -0.05) is 0 Å². The van der Waals surface area contributed by atoms with Crippen LogP contribution < -0.4 is 0 Å². The van der Waals surface area contributed by atoms with Crippen molar-refractivity contribution < 1.29 is 44.1 Å². The minimum Gasteiger partial charge on any atom is -1.00 e. The maximum absolute atomic E-state index is 9.45. The van der Waals surface area contributed by atoms with E-state index in [2.05, 4.69) is 0 Å². The smallest absolute Gasteiger partial charge is 1.00 e. The van der Waals surface area contributed by atoms with Gasteiger partial charge in [-0.25, -0.2) is 4.79 Å². The molecule has 2 N–H and O–H groups in total. The summed E-state index contributed by atoms with van der Waals surface area (Å²) < 4.78 is 0. The first-order valence-corrected chi connectivity index (χ1v) is 1.55. The number of hydrogen-bond donors (Lipinski definition) is 2. The second-order valence-corrected chi connectivity index (χ2v) is 1.01. The molecule has 1 atom stereocenters. The first-order valence-electron chi connectivity index (χ1n) is 1.55. The Hall–Kier alpha value is 1.57.